The number of carboxylic acid groups (broad SMARTS) is 1. The molecule has 0 spiro atoms. The fraction of sp³-hybridized carbons (Fsp3) is 0.267. The molecule has 0 fully saturated rings. The molecule has 8 nitrogen and oxygen atoms in total. The summed E-state index contributed by atoms with van der Waals surface area (Å²) in [6.07, 6.45) is 0.374. The van der Waals surface area contributed by atoms with E-state index in [0.29, 0.717) is 40.2 Å². The van der Waals surface area contributed by atoms with Crippen LogP contribution in [0, 0.1) is 0 Å². The van der Waals surface area contributed by atoms with Gasteiger partial charge in [-0.25, -0.2) is 4.79 Å². The van der Waals surface area contributed by atoms with Crippen LogP contribution in [0.4, 0.5) is 0 Å². The second-order valence-electron chi connectivity index (χ2n) is 10.0. The van der Waals surface area contributed by atoms with E-state index >= 15 is 0 Å². The average Bonchev–Trinajstić information content (AvgIpc) is 2.94. The zero-order chi connectivity index (χ0) is 29.8. The summed E-state index contributed by atoms with van der Waals surface area (Å²) in [4.78, 5) is 52.4. The number of rotatable bonds is 8. The van der Waals surface area contributed by atoms with E-state index in [-0.39, 0.29) is 40.5 Å². The molecule has 1 unspecified atom stereocenters. The van der Waals surface area contributed by atoms with Crippen LogP contribution in [0.3, 0.4) is 0 Å². The van der Waals surface area contributed by atoms with E-state index in [2.05, 4.69) is 10.6 Å². The minimum Gasteiger partial charge on any atom is -0.480 e. The number of hydrogen-bond donors (Lipinski definition) is 3. The lowest BCUT2D eigenvalue weighted by molar-refractivity contribution is -0.139. The third kappa shape index (κ3) is 7.01. The molecule has 3 aromatic carbocycles. The van der Waals surface area contributed by atoms with Gasteiger partial charge < -0.3 is 20.6 Å². The molecular weight excluding hydrogens is 589 g/mol. The first kappa shape index (κ1) is 30.4. The second kappa shape index (κ2) is 12.9. The van der Waals surface area contributed by atoms with Crippen molar-refractivity contribution in [2.24, 2.45) is 0 Å². The van der Waals surface area contributed by atoms with Gasteiger partial charge in [-0.1, -0.05) is 60.8 Å². The van der Waals surface area contributed by atoms with Gasteiger partial charge in [0.05, 0.1) is 15.6 Å². The molecule has 0 saturated heterocycles. The number of nitrogens with one attached hydrogen (secondary N) is 2. The van der Waals surface area contributed by atoms with Gasteiger partial charge in [0.25, 0.3) is 17.7 Å². The summed E-state index contributed by atoms with van der Waals surface area (Å²) in [5.41, 5.74) is 3.13. The summed E-state index contributed by atoms with van der Waals surface area (Å²) < 4.78 is 0. The number of halogens is 3. The lowest BCUT2D eigenvalue weighted by Gasteiger charge is -2.30. The fourth-order valence-electron chi connectivity index (χ4n) is 4.57. The Bertz CT molecular complexity index is 1510. The first-order valence-corrected chi connectivity index (χ1v) is 14.1. The van der Waals surface area contributed by atoms with E-state index < -0.39 is 23.8 Å². The molecule has 3 aromatic rings. The van der Waals surface area contributed by atoms with Gasteiger partial charge in [-0.2, -0.15) is 0 Å². The van der Waals surface area contributed by atoms with Gasteiger partial charge in [0.2, 0.25) is 0 Å². The number of aliphatic carboxylic acids is 1. The minimum atomic E-state index is -1.43. The van der Waals surface area contributed by atoms with Crippen molar-refractivity contribution in [2.45, 2.75) is 38.8 Å². The van der Waals surface area contributed by atoms with Crippen LogP contribution >= 0.6 is 34.8 Å². The highest BCUT2D eigenvalue weighted by atomic mass is 35.5. The summed E-state index contributed by atoms with van der Waals surface area (Å²) >= 11 is 19.0. The molecule has 4 rings (SSSR count). The summed E-state index contributed by atoms with van der Waals surface area (Å²) in [5, 5.41) is 15.3. The minimum absolute atomic E-state index is 0.0192. The normalized spacial score (nSPS) is 13.4. The third-order valence-corrected chi connectivity index (χ3v) is 7.86. The Morgan fingerprint density at radius 1 is 0.951 bits per heavy atom. The summed E-state index contributed by atoms with van der Waals surface area (Å²) in [6.45, 7) is 4.24. The van der Waals surface area contributed by atoms with Crippen molar-refractivity contribution in [1.82, 2.24) is 15.5 Å². The van der Waals surface area contributed by atoms with Crippen LogP contribution < -0.4 is 10.6 Å². The van der Waals surface area contributed by atoms with Crippen molar-refractivity contribution in [3.8, 4) is 0 Å². The van der Waals surface area contributed by atoms with E-state index in [0.717, 1.165) is 5.56 Å². The molecule has 0 saturated carbocycles. The van der Waals surface area contributed by atoms with Crippen LogP contribution in [0.2, 0.25) is 15.1 Å². The summed E-state index contributed by atoms with van der Waals surface area (Å²) in [6, 6.07) is 13.8. The molecule has 3 amide bonds. The Morgan fingerprint density at radius 2 is 1.66 bits per heavy atom. The number of fused-ring (bicyclic) bond motifs is 1. The molecule has 0 bridgehead atoms. The van der Waals surface area contributed by atoms with Gasteiger partial charge in [0.1, 0.15) is 6.04 Å². The van der Waals surface area contributed by atoms with Crippen molar-refractivity contribution in [3.63, 3.8) is 0 Å². The van der Waals surface area contributed by atoms with Gasteiger partial charge in [0.15, 0.2) is 0 Å². The number of carbonyl (C=O) groups excluding carboxylic acids is 3. The maximum atomic E-state index is 13.2. The number of benzene rings is 3. The number of amides is 3. The summed E-state index contributed by atoms with van der Waals surface area (Å²) in [5.74, 6) is -2.55. The Balaban J connectivity index is 1.46. The van der Waals surface area contributed by atoms with Crippen LogP contribution in [-0.2, 0) is 17.8 Å². The van der Waals surface area contributed by atoms with E-state index in [4.69, 9.17) is 34.8 Å². The zero-order valence-corrected chi connectivity index (χ0v) is 24.6. The topological polar surface area (TPSA) is 116 Å². The van der Waals surface area contributed by atoms with Crippen LogP contribution in [0.1, 0.15) is 67.5 Å². The van der Waals surface area contributed by atoms with Crippen LogP contribution in [0.25, 0.3) is 0 Å². The molecule has 1 atom stereocenters. The third-order valence-electron chi connectivity index (χ3n) is 6.90. The van der Waals surface area contributed by atoms with Crippen LogP contribution in [0.15, 0.2) is 54.6 Å². The molecule has 41 heavy (non-hydrogen) atoms. The van der Waals surface area contributed by atoms with Gasteiger partial charge in [-0.05, 0) is 71.5 Å². The van der Waals surface area contributed by atoms with E-state index in [1.54, 1.807) is 53.4 Å². The zero-order valence-electron chi connectivity index (χ0n) is 22.3. The Hall–Kier alpha value is -3.59. The quantitative estimate of drug-likeness (QED) is 0.306. The van der Waals surface area contributed by atoms with E-state index in [1.165, 1.54) is 0 Å². The molecule has 1 aliphatic heterocycles. The first-order valence-electron chi connectivity index (χ1n) is 12.9. The molecule has 214 valence electrons. The molecule has 0 aromatic heterocycles. The largest absolute Gasteiger partial charge is 0.480 e. The van der Waals surface area contributed by atoms with Gasteiger partial charge in [-0.15, -0.1) is 0 Å². The van der Waals surface area contributed by atoms with Crippen LogP contribution in [0.5, 0.6) is 0 Å². The van der Waals surface area contributed by atoms with Gasteiger partial charge in [0, 0.05) is 35.8 Å². The predicted octanol–water partition coefficient (Wildman–Crippen LogP) is 5.58. The molecule has 0 aliphatic carbocycles. The van der Waals surface area contributed by atoms with Crippen molar-refractivity contribution in [2.75, 3.05) is 13.1 Å². The molecule has 0 radical (unpaired) electrons. The standard InChI is InChI=1S/C30H28Cl3N3O5/c1-16(2)18-4-3-5-19(12-18)27(37)34-14-24(30(40)41)35-28(38)25-23(32)13-20-15-36(11-10-22(20)26(25)33)29(39)17-6-8-21(31)9-7-17/h3-9,12-13,16,24H,10-11,14-15H2,1-2H3,(H,34,37)(H,35,38)(H,40,41). The molecule has 1 heterocycles. The molecule has 1 aliphatic rings. The highest BCUT2D eigenvalue weighted by Crippen LogP contribution is 2.35. The first-order chi connectivity index (χ1) is 19.5. The fourth-order valence-corrected chi connectivity index (χ4v) is 5.46. The Morgan fingerprint density at radius 3 is 2.32 bits per heavy atom. The lowest BCUT2D eigenvalue weighted by Crippen LogP contribution is -2.48. The van der Waals surface area contributed by atoms with Gasteiger partial charge in [-0.3, -0.25) is 14.4 Å². The van der Waals surface area contributed by atoms with Crippen molar-refractivity contribution >= 4 is 58.5 Å². The smallest absolute Gasteiger partial charge is 0.328 e. The highest BCUT2D eigenvalue weighted by molar-refractivity contribution is 6.40. The number of hydrogen-bond acceptors (Lipinski definition) is 4. The number of carboxylic acids is 1. The molecule has 3 N–H and O–H groups in total. The van der Waals surface area contributed by atoms with E-state index in [9.17, 15) is 24.3 Å². The van der Waals surface area contributed by atoms with Crippen molar-refractivity contribution in [1.29, 1.82) is 0 Å². The van der Waals surface area contributed by atoms with Crippen LogP contribution in [-0.4, -0.2) is 52.8 Å². The number of nitrogens with zero attached hydrogens (tertiary/aromatic N) is 1. The Kier molecular flexibility index (Phi) is 9.58. The van der Waals surface area contributed by atoms with E-state index in [1.807, 2.05) is 19.9 Å². The second-order valence-corrected chi connectivity index (χ2v) is 11.2. The Labute approximate surface area is 252 Å². The monoisotopic (exact) mass is 615 g/mol. The maximum Gasteiger partial charge on any atom is 0.328 e. The van der Waals surface area contributed by atoms with Gasteiger partial charge >= 0.3 is 5.97 Å². The van der Waals surface area contributed by atoms with Crippen molar-refractivity contribution in [3.05, 3.63) is 103 Å². The average molecular weight is 617 g/mol. The molecular formula is C30H28Cl3N3O5. The lowest BCUT2D eigenvalue weighted by atomic mass is 9.96. The molecule has 11 heteroatoms. The number of carbonyl (C=O) groups is 4. The predicted molar refractivity (Wildman–Crippen MR) is 158 cm³/mol. The SMILES string of the molecule is CC(C)c1cccc(C(=O)NCC(NC(=O)c2c(Cl)cc3c(c2Cl)CCN(C(=O)c2ccc(Cl)cc2)C3)C(=O)O)c1. The maximum absolute atomic E-state index is 13.2. The van der Waals surface area contributed by atoms with Crippen molar-refractivity contribution < 1.29 is 24.3 Å². The summed E-state index contributed by atoms with van der Waals surface area (Å²) in [7, 11) is 0. The highest BCUT2D eigenvalue weighted by Gasteiger charge is 2.30.